The maximum atomic E-state index is 13.0. The van der Waals surface area contributed by atoms with Crippen LogP contribution in [0.3, 0.4) is 0 Å². The summed E-state index contributed by atoms with van der Waals surface area (Å²) in [6, 6.07) is 7.09. The number of nitrogens with zero attached hydrogens (tertiary/aromatic N) is 4. The van der Waals surface area contributed by atoms with Crippen LogP contribution in [-0.2, 0) is 7.05 Å². The van der Waals surface area contributed by atoms with Crippen LogP contribution in [0.4, 0.5) is 0 Å². The molecule has 0 unspecified atom stereocenters. The Hall–Kier alpha value is -2.67. The highest BCUT2D eigenvalue weighted by molar-refractivity contribution is 6.30. The van der Waals surface area contributed by atoms with Crippen molar-refractivity contribution in [2.24, 2.45) is 7.05 Å². The number of carbonyl (C=O) groups excluding carboxylic acids is 1. The summed E-state index contributed by atoms with van der Waals surface area (Å²) in [5, 5.41) is 8.14. The Bertz CT molecular complexity index is 1060. The topological polar surface area (TPSA) is 81.8 Å². The van der Waals surface area contributed by atoms with Gasteiger partial charge in [-0.15, -0.1) is 0 Å². The first-order chi connectivity index (χ1) is 13.5. The second-order valence-corrected chi connectivity index (χ2v) is 7.69. The summed E-state index contributed by atoms with van der Waals surface area (Å²) < 4.78 is 2.85. The summed E-state index contributed by atoms with van der Waals surface area (Å²) in [4.78, 5) is 30.1. The SMILES string of the molecule is Cn1cnc2c(C(=O)NC3CCCCCC3)nn(-c3ccc(Cl)cc3)c2c1=O. The van der Waals surface area contributed by atoms with Crippen molar-refractivity contribution in [1.29, 1.82) is 0 Å². The number of halogens is 1. The van der Waals surface area contributed by atoms with Gasteiger partial charge in [0.2, 0.25) is 0 Å². The minimum atomic E-state index is -0.287. The summed E-state index contributed by atoms with van der Waals surface area (Å²) in [5.74, 6) is -0.287. The lowest BCUT2D eigenvalue weighted by Crippen LogP contribution is -2.34. The molecule has 2 heterocycles. The third-order valence-corrected chi connectivity index (χ3v) is 5.47. The molecule has 4 rings (SSSR count). The molecule has 8 heteroatoms. The standard InChI is InChI=1S/C20H22ClN5O2/c1-25-12-22-16-17(19(27)23-14-6-4-2-3-5-7-14)24-26(18(16)20(25)28)15-10-8-13(21)9-11-15/h8-12,14H,2-7H2,1H3,(H,23,27). The predicted molar refractivity (Wildman–Crippen MR) is 108 cm³/mol. The molecule has 1 amide bonds. The third kappa shape index (κ3) is 3.54. The number of carbonyl (C=O) groups is 1. The zero-order valence-corrected chi connectivity index (χ0v) is 16.4. The van der Waals surface area contributed by atoms with Crippen LogP contribution in [0.5, 0.6) is 0 Å². The van der Waals surface area contributed by atoms with Crippen molar-refractivity contribution in [2.45, 2.75) is 44.6 Å². The molecule has 0 spiro atoms. The molecule has 1 N–H and O–H groups in total. The van der Waals surface area contributed by atoms with Crippen molar-refractivity contribution in [1.82, 2.24) is 24.6 Å². The quantitative estimate of drug-likeness (QED) is 0.685. The first kappa shape index (κ1) is 18.7. The average molecular weight is 400 g/mol. The maximum absolute atomic E-state index is 13.0. The number of aromatic nitrogens is 4. The maximum Gasteiger partial charge on any atom is 0.279 e. The average Bonchev–Trinajstić information content (AvgIpc) is 2.89. The van der Waals surface area contributed by atoms with E-state index in [0.717, 1.165) is 25.7 Å². The van der Waals surface area contributed by atoms with E-state index in [-0.39, 0.29) is 28.7 Å². The Morgan fingerprint density at radius 3 is 2.50 bits per heavy atom. The number of benzene rings is 1. The summed E-state index contributed by atoms with van der Waals surface area (Å²) in [6.45, 7) is 0. The largest absolute Gasteiger partial charge is 0.348 e. The van der Waals surface area contributed by atoms with E-state index in [4.69, 9.17) is 11.6 Å². The van der Waals surface area contributed by atoms with Gasteiger partial charge in [-0.2, -0.15) is 5.10 Å². The molecule has 146 valence electrons. The fourth-order valence-electron chi connectivity index (χ4n) is 3.69. The molecule has 0 aliphatic heterocycles. The Balaban J connectivity index is 1.78. The van der Waals surface area contributed by atoms with E-state index in [0.29, 0.717) is 16.2 Å². The minimum Gasteiger partial charge on any atom is -0.348 e. The lowest BCUT2D eigenvalue weighted by atomic mass is 10.1. The van der Waals surface area contributed by atoms with E-state index in [1.807, 2.05) is 0 Å². The molecule has 1 aliphatic rings. The van der Waals surface area contributed by atoms with Crippen LogP contribution in [0.25, 0.3) is 16.7 Å². The third-order valence-electron chi connectivity index (χ3n) is 5.22. The van der Waals surface area contributed by atoms with E-state index in [9.17, 15) is 9.59 Å². The summed E-state index contributed by atoms with van der Waals surface area (Å²) in [5.41, 5.74) is 1.14. The molecule has 1 aromatic carbocycles. The first-order valence-electron chi connectivity index (χ1n) is 9.56. The number of fused-ring (bicyclic) bond motifs is 1. The molecular weight excluding hydrogens is 378 g/mol. The zero-order chi connectivity index (χ0) is 19.7. The fourth-order valence-corrected chi connectivity index (χ4v) is 3.81. The number of hydrogen-bond donors (Lipinski definition) is 1. The normalized spacial score (nSPS) is 15.5. The lowest BCUT2D eigenvalue weighted by Gasteiger charge is -2.15. The molecule has 1 saturated carbocycles. The number of nitrogens with one attached hydrogen (secondary N) is 1. The van der Waals surface area contributed by atoms with Gasteiger partial charge < -0.3 is 9.88 Å². The van der Waals surface area contributed by atoms with Crippen LogP contribution >= 0.6 is 11.6 Å². The van der Waals surface area contributed by atoms with E-state index in [2.05, 4.69) is 15.4 Å². The summed E-state index contributed by atoms with van der Waals surface area (Å²) in [7, 11) is 1.62. The van der Waals surface area contributed by atoms with Gasteiger partial charge in [0.15, 0.2) is 11.2 Å². The van der Waals surface area contributed by atoms with Crippen molar-refractivity contribution in [3.05, 3.63) is 51.7 Å². The zero-order valence-electron chi connectivity index (χ0n) is 15.7. The highest BCUT2D eigenvalue weighted by Gasteiger charge is 2.24. The van der Waals surface area contributed by atoms with Gasteiger partial charge in [0.05, 0.1) is 12.0 Å². The lowest BCUT2D eigenvalue weighted by molar-refractivity contribution is 0.0929. The van der Waals surface area contributed by atoms with Crippen LogP contribution in [0.1, 0.15) is 49.0 Å². The van der Waals surface area contributed by atoms with Gasteiger partial charge in [-0.25, -0.2) is 9.67 Å². The monoisotopic (exact) mass is 399 g/mol. The molecule has 0 radical (unpaired) electrons. The van der Waals surface area contributed by atoms with Crippen LogP contribution in [-0.4, -0.2) is 31.3 Å². The van der Waals surface area contributed by atoms with Crippen molar-refractivity contribution in [3.63, 3.8) is 0 Å². The molecular formula is C20H22ClN5O2. The minimum absolute atomic E-state index is 0.136. The summed E-state index contributed by atoms with van der Waals surface area (Å²) >= 11 is 5.98. The van der Waals surface area contributed by atoms with Crippen LogP contribution in [0.15, 0.2) is 35.4 Å². The van der Waals surface area contributed by atoms with E-state index in [1.54, 1.807) is 31.3 Å². The van der Waals surface area contributed by atoms with E-state index >= 15 is 0 Å². The van der Waals surface area contributed by atoms with Crippen LogP contribution < -0.4 is 10.9 Å². The van der Waals surface area contributed by atoms with E-state index in [1.165, 1.54) is 28.4 Å². The number of rotatable bonds is 3. The molecule has 0 saturated heterocycles. The summed E-state index contributed by atoms with van der Waals surface area (Å²) in [6.07, 6.45) is 8.00. The van der Waals surface area contributed by atoms with Gasteiger partial charge in [-0.05, 0) is 37.1 Å². The van der Waals surface area contributed by atoms with Gasteiger partial charge in [0, 0.05) is 18.1 Å². The second kappa shape index (κ2) is 7.75. The molecule has 2 aromatic heterocycles. The molecule has 0 bridgehead atoms. The molecule has 0 atom stereocenters. The van der Waals surface area contributed by atoms with Gasteiger partial charge >= 0.3 is 0 Å². The van der Waals surface area contributed by atoms with Crippen molar-refractivity contribution >= 4 is 28.5 Å². The Kier molecular flexibility index (Phi) is 5.17. The number of amides is 1. The molecule has 28 heavy (non-hydrogen) atoms. The Morgan fingerprint density at radius 1 is 1.14 bits per heavy atom. The molecule has 3 aromatic rings. The molecule has 1 aliphatic carbocycles. The first-order valence-corrected chi connectivity index (χ1v) is 9.93. The highest BCUT2D eigenvalue weighted by atomic mass is 35.5. The number of aryl methyl sites for hydroxylation is 1. The van der Waals surface area contributed by atoms with Crippen LogP contribution in [0, 0.1) is 0 Å². The van der Waals surface area contributed by atoms with Gasteiger partial charge in [-0.1, -0.05) is 37.3 Å². The fraction of sp³-hybridized carbons (Fsp3) is 0.400. The van der Waals surface area contributed by atoms with Gasteiger partial charge in [0.25, 0.3) is 11.5 Å². The van der Waals surface area contributed by atoms with E-state index < -0.39 is 0 Å². The smallest absolute Gasteiger partial charge is 0.279 e. The van der Waals surface area contributed by atoms with Crippen molar-refractivity contribution < 1.29 is 4.79 Å². The van der Waals surface area contributed by atoms with Gasteiger partial charge in [-0.3, -0.25) is 9.59 Å². The van der Waals surface area contributed by atoms with Crippen molar-refractivity contribution in [3.8, 4) is 5.69 Å². The Labute approximate surface area is 167 Å². The number of hydrogen-bond acceptors (Lipinski definition) is 4. The van der Waals surface area contributed by atoms with Crippen LogP contribution in [0.2, 0.25) is 5.02 Å². The molecule has 1 fully saturated rings. The highest BCUT2D eigenvalue weighted by Crippen LogP contribution is 2.21. The predicted octanol–water partition coefficient (Wildman–Crippen LogP) is 3.23. The Morgan fingerprint density at radius 2 is 1.82 bits per heavy atom. The second-order valence-electron chi connectivity index (χ2n) is 7.26. The molecule has 7 nitrogen and oxygen atoms in total. The van der Waals surface area contributed by atoms with Gasteiger partial charge in [0.1, 0.15) is 5.52 Å². The van der Waals surface area contributed by atoms with Crippen molar-refractivity contribution in [2.75, 3.05) is 0 Å².